The summed E-state index contributed by atoms with van der Waals surface area (Å²) in [5.41, 5.74) is 0.212. The van der Waals surface area contributed by atoms with E-state index in [0.29, 0.717) is 12.3 Å². The van der Waals surface area contributed by atoms with E-state index in [1.165, 1.54) is 37.8 Å². The fourth-order valence-electron chi connectivity index (χ4n) is 2.62. The van der Waals surface area contributed by atoms with E-state index >= 15 is 0 Å². The quantitative estimate of drug-likeness (QED) is 0.844. The lowest BCUT2D eigenvalue weighted by Gasteiger charge is -2.14. The first-order chi connectivity index (χ1) is 8.16. The Balaban J connectivity index is 1.91. The highest BCUT2D eigenvalue weighted by Crippen LogP contribution is 2.31. The van der Waals surface area contributed by atoms with Crippen LogP contribution in [0.2, 0.25) is 0 Å². The molecule has 1 saturated carbocycles. The van der Waals surface area contributed by atoms with Gasteiger partial charge in [0.05, 0.1) is 6.10 Å². The van der Waals surface area contributed by atoms with E-state index in [0.717, 1.165) is 12.5 Å². The van der Waals surface area contributed by atoms with Crippen LogP contribution >= 0.6 is 0 Å². The summed E-state index contributed by atoms with van der Waals surface area (Å²) in [4.78, 5) is 0. The van der Waals surface area contributed by atoms with Gasteiger partial charge in [-0.1, -0.05) is 31.7 Å². The minimum atomic E-state index is -0.809. The van der Waals surface area contributed by atoms with E-state index in [1.54, 1.807) is 0 Å². The molecule has 0 amide bonds. The van der Waals surface area contributed by atoms with Crippen LogP contribution in [0, 0.1) is 17.6 Å². The normalized spacial score (nSPS) is 18.5. The summed E-state index contributed by atoms with van der Waals surface area (Å²) in [6.07, 6.45) is 5.66. The number of rotatable bonds is 4. The summed E-state index contributed by atoms with van der Waals surface area (Å²) >= 11 is 0. The van der Waals surface area contributed by atoms with Crippen LogP contribution in [0.5, 0.6) is 0 Å². The van der Waals surface area contributed by atoms with E-state index in [-0.39, 0.29) is 5.56 Å². The Morgan fingerprint density at radius 3 is 2.59 bits per heavy atom. The zero-order valence-corrected chi connectivity index (χ0v) is 9.83. The summed E-state index contributed by atoms with van der Waals surface area (Å²) < 4.78 is 26.1. The van der Waals surface area contributed by atoms with E-state index in [9.17, 15) is 13.9 Å². The van der Waals surface area contributed by atoms with Gasteiger partial charge in [-0.05, 0) is 24.8 Å². The molecule has 0 aromatic heterocycles. The highest BCUT2D eigenvalue weighted by atomic mass is 19.1. The van der Waals surface area contributed by atoms with Crippen molar-refractivity contribution >= 4 is 0 Å². The smallest absolute Gasteiger partial charge is 0.131 e. The lowest BCUT2D eigenvalue weighted by molar-refractivity contribution is 0.152. The highest BCUT2D eigenvalue weighted by Gasteiger charge is 2.18. The van der Waals surface area contributed by atoms with Gasteiger partial charge in [-0.25, -0.2) is 8.78 Å². The average Bonchev–Trinajstić information content (AvgIpc) is 2.78. The van der Waals surface area contributed by atoms with Crippen molar-refractivity contribution in [3.05, 3.63) is 35.4 Å². The van der Waals surface area contributed by atoms with E-state index < -0.39 is 17.7 Å². The molecule has 1 unspecified atom stereocenters. The molecule has 3 heteroatoms. The fraction of sp³-hybridized carbons (Fsp3) is 0.571. The molecule has 1 aliphatic rings. The number of hydrogen-bond acceptors (Lipinski definition) is 1. The molecule has 0 spiro atoms. The van der Waals surface area contributed by atoms with Crippen LogP contribution in [-0.4, -0.2) is 5.11 Å². The molecular weight excluding hydrogens is 222 g/mol. The summed E-state index contributed by atoms with van der Waals surface area (Å²) in [5.74, 6) is -0.577. The van der Waals surface area contributed by atoms with Crippen LogP contribution in [0.1, 0.15) is 50.2 Å². The first-order valence-corrected chi connectivity index (χ1v) is 6.30. The summed E-state index contributed by atoms with van der Waals surface area (Å²) in [5, 5.41) is 9.89. The maximum atomic E-state index is 13.4. The van der Waals surface area contributed by atoms with Gasteiger partial charge in [0.1, 0.15) is 11.6 Å². The molecule has 0 saturated heterocycles. The van der Waals surface area contributed by atoms with Crippen molar-refractivity contribution in [2.45, 2.75) is 44.6 Å². The molecule has 0 bridgehead atoms. The topological polar surface area (TPSA) is 20.2 Å². The van der Waals surface area contributed by atoms with E-state index in [2.05, 4.69) is 0 Å². The molecule has 1 N–H and O–H groups in total. The number of aliphatic hydroxyl groups is 1. The van der Waals surface area contributed by atoms with Crippen molar-refractivity contribution in [3.8, 4) is 0 Å². The minimum Gasteiger partial charge on any atom is -0.388 e. The second-order valence-electron chi connectivity index (χ2n) is 4.91. The minimum absolute atomic E-state index is 0.212. The fourth-order valence-corrected chi connectivity index (χ4v) is 2.62. The van der Waals surface area contributed by atoms with Gasteiger partial charge < -0.3 is 5.11 Å². The maximum Gasteiger partial charge on any atom is 0.131 e. The Kier molecular flexibility index (Phi) is 4.11. The van der Waals surface area contributed by atoms with Gasteiger partial charge in [0.2, 0.25) is 0 Å². The third-order valence-electron chi connectivity index (χ3n) is 3.64. The molecule has 0 heterocycles. The second-order valence-corrected chi connectivity index (χ2v) is 4.91. The van der Waals surface area contributed by atoms with Crippen molar-refractivity contribution < 1.29 is 13.9 Å². The maximum absolute atomic E-state index is 13.4. The molecule has 1 nitrogen and oxygen atoms in total. The molecule has 1 aliphatic carbocycles. The Morgan fingerprint density at radius 2 is 1.94 bits per heavy atom. The van der Waals surface area contributed by atoms with Crippen molar-refractivity contribution in [1.29, 1.82) is 0 Å². The highest BCUT2D eigenvalue weighted by molar-refractivity contribution is 5.20. The van der Waals surface area contributed by atoms with E-state index in [4.69, 9.17) is 0 Å². The number of halogens is 2. The van der Waals surface area contributed by atoms with Crippen LogP contribution in [0.25, 0.3) is 0 Å². The monoisotopic (exact) mass is 240 g/mol. The van der Waals surface area contributed by atoms with Gasteiger partial charge >= 0.3 is 0 Å². The Bertz CT molecular complexity index is 372. The summed E-state index contributed by atoms with van der Waals surface area (Å²) in [6.45, 7) is 0. The SMILES string of the molecule is OC(CCC1CCCC1)c1ccc(F)cc1F. The van der Waals surface area contributed by atoms with Crippen LogP contribution in [0.3, 0.4) is 0 Å². The lowest BCUT2D eigenvalue weighted by atomic mass is 9.96. The van der Waals surface area contributed by atoms with Gasteiger partial charge in [-0.3, -0.25) is 0 Å². The Morgan fingerprint density at radius 1 is 1.24 bits per heavy atom. The van der Waals surface area contributed by atoms with Gasteiger partial charge in [0.15, 0.2) is 0 Å². The second kappa shape index (κ2) is 5.58. The number of benzene rings is 1. The first kappa shape index (κ1) is 12.5. The largest absolute Gasteiger partial charge is 0.388 e. The molecule has 1 aromatic carbocycles. The van der Waals surface area contributed by atoms with Crippen LogP contribution in [-0.2, 0) is 0 Å². The lowest BCUT2D eigenvalue weighted by Crippen LogP contribution is -2.04. The van der Waals surface area contributed by atoms with Crippen molar-refractivity contribution in [2.24, 2.45) is 5.92 Å². The van der Waals surface area contributed by atoms with Crippen molar-refractivity contribution in [2.75, 3.05) is 0 Å². The standard InChI is InChI=1S/C14H18F2O/c15-11-6-7-12(13(16)9-11)14(17)8-5-10-3-1-2-4-10/h6-7,9-10,14,17H,1-5,8H2. The Hall–Kier alpha value is -0.960. The zero-order chi connectivity index (χ0) is 12.3. The zero-order valence-electron chi connectivity index (χ0n) is 9.83. The van der Waals surface area contributed by atoms with Gasteiger partial charge in [0, 0.05) is 11.6 Å². The number of aliphatic hydroxyl groups excluding tert-OH is 1. The predicted molar refractivity (Wildman–Crippen MR) is 62.5 cm³/mol. The molecule has 0 radical (unpaired) electrons. The predicted octanol–water partition coefficient (Wildman–Crippen LogP) is 3.97. The molecule has 1 aromatic rings. The van der Waals surface area contributed by atoms with Crippen LogP contribution in [0.4, 0.5) is 8.78 Å². The van der Waals surface area contributed by atoms with Gasteiger partial charge in [0.25, 0.3) is 0 Å². The van der Waals surface area contributed by atoms with Crippen LogP contribution in [0.15, 0.2) is 18.2 Å². The van der Waals surface area contributed by atoms with Crippen LogP contribution < -0.4 is 0 Å². The van der Waals surface area contributed by atoms with E-state index in [1.807, 2.05) is 0 Å². The molecule has 94 valence electrons. The third kappa shape index (κ3) is 3.25. The third-order valence-corrected chi connectivity index (χ3v) is 3.64. The van der Waals surface area contributed by atoms with Crippen molar-refractivity contribution in [3.63, 3.8) is 0 Å². The molecule has 1 atom stereocenters. The molecule has 17 heavy (non-hydrogen) atoms. The molecular formula is C14H18F2O. The summed E-state index contributed by atoms with van der Waals surface area (Å²) in [7, 11) is 0. The van der Waals surface area contributed by atoms with Gasteiger partial charge in [-0.15, -0.1) is 0 Å². The molecule has 0 aliphatic heterocycles. The molecule has 1 fully saturated rings. The summed E-state index contributed by atoms with van der Waals surface area (Å²) in [6, 6.07) is 3.36. The average molecular weight is 240 g/mol. The first-order valence-electron chi connectivity index (χ1n) is 6.30. The number of hydrogen-bond donors (Lipinski definition) is 1. The van der Waals surface area contributed by atoms with Gasteiger partial charge in [-0.2, -0.15) is 0 Å². The van der Waals surface area contributed by atoms with Crippen molar-refractivity contribution in [1.82, 2.24) is 0 Å². The Labute approximate surface area is 100 Å². The molecule has 2 rings (SSSR count).